The fourth-order valence-electron chi connectivity index (χ4n) is 2.86. The maximum Gasteiger partial charge on any atom is 0.416 e. The third kappa shape index (κ3) is 3.28. The highest BCUT2D eigenvalue weighted by Crippen LogP contribution is 2.38. The first-order valence-electron chi connectivity index (χ1n) is 7.77. The fraction of sp³-hybridized carbons (Fsp3) is 0.222. The Labute approximate surface area is 147 Å². The van der Waals surface area contributed by atoms with Crippen LogP contribution in [0.25, 0.3) is 22.2 Å². The van der Waals surface area contributed by atoms with E-state index in [-0.39, 0.29) is 16.8 Å². The number of halogens is 3. The third-order valence-corrected chi connectivity index (χ3v) is 4.08. The van der Waals surface area contributed by atoms with Gasteiger partial charge in [0.25, 0.3) is 5.91 Å². The van der Waals surface area contributed by atoms with Crippen LogP contribution in [0.2, 0.25) is 0 Å². The quantitative estimate of drug-likeness (QED) is 0.755. The number of methoxy groups -OCH3 is 1. The molecular formula is C18H16F3N3O2. The zero-order valence-electron chi connectivity index (χ0n) is 13.9. The normalized spacial score (nSPS) is 11.8. The minimum atomic E-state index is -4.54. The largest absolute Gasteiger partial charge is 0.416 e. The summed E-state index contributed by atoms with van der Waals surface area (Å²) in [6.07, 6.45) is -1.45. The van der Waals surface area contributed by atoms with E-state index in [1.54, 1.807) is 16.8 Å². The van der Waals surface area contributed by atoms with Gasteiger partial charge >= 0.3 is 6.18 Å². The van der Waals surface area contributed by atoms with Crippen LogP contribution in [-0.4, -0.2) is 29.2 Å². The van der Waals surface area contributed by atoms with Gasteiger partial charge in [0.15, 0.2) is 0 Å². The Morgan fingerprint density at radius 3 is 2.73 bits per heavy atom. The van der Waals surface area contributed by atoms with Crippen LogP contribution in [0, 0.1) is 0 Å². The lowest BCUT2D eigenvalue weighted by atomic mass is 9.99. The molecule has 1 aromatic carbocycles. The highest BCUT2D eigenvalue weighted by molar-refractivity contribution is 6.04. The summed E-state index contributed by atoms with van der Waals surface area (Å²) in [5, 5.41) is 0.551. The minimum Gasteiger partial charge on any atom is -0.383 e. The molecule has 1 amide bonds. The molecule has 2 N–H and O–H groups in total. The second kappa shape index (κ2) is 6.80. The van der Waals surface area contributed by atoms with Crippen molar-refractivity contribution in [1.82, 2.24) is 9.55 Å². The summed E-state index contributed by atoms with van der Waals surface area (Å²) >= 11 is 0. The number of carbonyl (C=O) groups is 1. The standard InChI is InChI=1S/C18H16F3N3O2/c1-26-8-7-24-6-4-12-14(9-11(10-15(12)24)18(19,20)21)16-13(17(22)25)3-2-5-23-16/h2-6,9-10H,7-8H2,1H3,(H2,22,25). The molecule has 0 unspecified atom stereocenters. The number of fused-ring (bicyclic) bond motifs is 1. The summed E-state index contributed by atoms with van der Waals surface area (Å²) < 4.78 is 46.9. The van der Waals surface area contributed by atoms with Crippen LogP contribution in [-0.2, 0) is 17.5 Å². The first kappa shape index (κ1) is 17.9. The molecule has 0 aliphatic carbocycles. The van der Waals surface area contributed by atoms with E-state index >= 15 is 0 Å². The first-order valence-corrected chi connectivity index (χ1v) is 7.77. The Bertz CT molecular complexity index is 964. The van der Waals surface area contributed by atoms with Crippen LogP contribution >= 0.6 is 0 Å². The number of nitrogens with two attached hydrogens (primary N) is 1. The highest BCUT2D eigenvalue weighted by Gasteiger charge is 2.32. The molecule has 136 valence electrons. The molecule has 0 bridgehead atoms. The maximum atomic E-state index is 13.4. The summed E-state index contributed by atoms with van der Waals surface area (Å²) in [7, 11) is 1.52. The van der Waals surface area contributed by atoms with E-state index in [4.69, 9.17) is 10.5 Å². The zero-order valence-corrected chi connectivity index (χ0v) is 13.9. The molecule has 26 heavy (non-hydrogen) atoms. The summed E-state index contributed by atoms with van der Waals surface area (Å²) in [5.74, 6) is -0.752. The van der Waals surface area contributed by atoms with Crippen molar-refractivity contribution in [3.05, 3.63) is 53.9 Å². The Morgan fingerprint density at radius 2 is 2.08 bits per heavy atom. The number of hydrogen-bond acceptors (Lipinski definition) is 3. The second-order valence-corrected chi connectivity index (χ2v) is 5.72. The van der Waals surface area contributed by atoms with Crippen LogP contribution in [0.3, 0.4) is 0 Å². The van der Waals surface area contributed by atoms with Crippen molar-refractivity contribution < 1.29 is 22.7 Å². The van der Waals surface area contributed by atoms with Crippen LogP contribution in [0.1, 0.15) is 15.9 Å². The molecule has 5 nitrogen and oxygen atoms in total. The second-order valence-electron chi connectivity index (χ2n) is 5.72. The summed E-state index contributed by atoms with van der Waals surface area (Å²) in [5.41, 5.74) is 5.33. The number of pyridine rings is 1. The number of hydrogen-bond donors (Lipinski definition) is 1. The van der Waals surface area contributed by atoms with E-state index in [9.17, 15) is 18.0 Å². The number of rotatable bonds is 5. The predicted molar refractivity (Wildman–Crippen MR) is 90.6 cm³/mol. The minimum absolute atomic E-state index is 0.0674. The van der Waals surface area contributed by atoms with Crippen LogP contribution in [0.4, 0.5) is 13.2 Å². The fourth-order valence-corrected chi connectivity index (χ4v) is 2.86. The number of ether oxygens (including phenoxy) is 1. The number of carbonyl (C=O) groups excluding carboxylic acids is 1. The van der Waals surface area contributed by atoms with Crippen LogP contribution in [0.15, 0.2) is 42.7 Å². The van der Waals surface area contributed by atoms with Crippen molar-refractivity contribution in [1.29, 1.82) is 0 Å². The molecule has 3 rings (SSSR count). The monoisotopic (exact) mass is 363 g/mol. The van der Waals surface area contributed by atoms with Gasteiger partial charge < -0.3 is 15.0 Å². The Morgan fingerprint density at radius 1 is 1.31 bits per heavy atom. The van der Waals surface area contributed by atoms with Crippen molar-refractivity contribution >= 4 is 16.8 Å². The van der Waals surface area contributed by atoms with Crippen molar-refractivity contribution in [3.8, 4) is 11.3 Å². The SMILES string of the molecule is COCCn1ccc2c(-c3ncccc3C(N)=O)cc(C(F)(F)F)cc21. The van der Waals surface area contributed by atoms with Gasteiger partial charge in [0.2, 0.25) is 0 Å². The van der Waals surface area contributed by atoms with Gasteiger partial charge in [0.05, 0.1) is 23.4 Å². The van der Waals surface area contributed by atoms with Gasteiger partial charge in [-0.3, -0.25) is 9.78 Å². The maximum absolute atomic E-state index is 13.4. The molecule has 0 saturated heterocycles. The average Bonchev–Trinajstić information content (AvgIpc) is 3.01. The summed E-state index contributed by atoms with van der Waals surface area (Å²) in [6.45, 7) is 0.747. The number of primary amides is 1. The number of amides is 1. The molecule has 2 aromatic heterocycles. The van der Waals surface area contributed by atoms with Crippen molar-refractivity contribution in [2.75, 3.05) is 13.7 Å². The van der Waals surface area contributed by atoms with E-state index < -0.39 is 17.6 Å². The lowest BCUT2D eigenvalue weighted by Gasteiger charge is -2.13. The summed E-state index contributed by atoms with van der Waals surface area (Å²) in [4.78, 5) is 15.8. The Hall–Kier alpha value is -2.87. The number of benzene rings is 1. The van der Waals surface area contributed by atoms with Gasteiger partial charge in [-0.2, -0.15) is 13.2 Å². The molecular weight excluding hydrogens is 347 g/mol. The van der Waals surface area contributed by atoms with Crippen LogP contribution in [0.5, 0.6) is 0 Å². The van der Waals surface area contributed by atoms with Crippen LogP contribution < -0.4 is 5.73 Å². The van der Waals surface area contributed by atoms with Crippen molar-refractivity contribution in [3.63, 3.8) is 0 Å². The molecule has 8 heteroatoms. The van der Waals surface area contributed by atoms with Crippen molar-refractivity contribution in [2.45, 2.75) is 12.7 Å². The summed E-state index contributed by atoms with van der Waals surface area (Å²) in [6, 6.07) is 6.73. The lowest BCUT2D eigenvalue weighted by Crippen LogP contribution is -2.13. The van der Waals surface area contributed by atoms with Gasteiger partial charge in [-0.1, -0.05) is 0 Å². The first-order chi connectivity index (χ1) is 12.3. The van der Waals surface area contributed by atoms with E-state index in [2.05, 4.69) is 4.98 Å². The van der Waals surface area contributed by atoms with E-state index in [0.717, 1.165) is 12.1 Å². The zero-order chi connectivity index (χ0) is 18.9. The third-order valence-electron chi connectivity index (χ3n) is 4.08. The van der Waals surface area contributed by atoms with Gasteiger partial charge in [-0.15, -0.1) is 0 Å². The molecule has 0 aliphatic rings. The predicted octanol–water partition coefficient (Wildman–Crippen LogP) is 3.47. The molecule has 0 saturated carbocycles. The molecule has 0 atom stereocenters. The van der Waals surface area contributed by atoms with Gasteiger partial charge in [0, 0.05) is 42.5 Å². The molecule has 0 aliphatic heterocycles. The number of alkyl halides is 3. The number of aromatic nitrogens is 2. The molecule has 0 radical (unpaired) electrons. The smallest absolute Gasteiger partial charge is 0.383 e. The molecule has 3 aromatic rings. The Balaban J connectivity index is 2.31. The highest BCUT2D eigenvalue weighted by atomic mass is 19.4. The molecule has 0 spiro atoms. The van der Waals surface area contributed by atoms with Gasteiger partial charge in [-0.25, -0.2) is 0 Å². The molecule has 0 fully saturated rings. The number of nitrogens with zero attached hydrogens (tertiary/aromatic N) is 2. The lowest BCUT2D eigenvalue weighted by molar-refractivity contribution is -0.137. The molecule has 2 heterocycles. The van der Waals surface area contributed by atoms with Gasteiger partial charge in [-0.05, 0) is 30.3 Å². The van der Waals surface area contributed by atoms with Crippen molar-refractivity contribution in [2.24, 2.45) is 5.73 Å². The van der Waals surface area contributed by atoms with Gasteiger partial charge in [0.1, 0.15) is 0 Å². The van der Waals surface area contributed by atoms with E-state index in [1.165, 1.54) is 25.4 Å². The van der Waals surface area contributed by atoms with E-state index in [0.29, 0.717) is 24.1 Å². The Kier molecular flexibility index (Phi) is 4.69. The topological polar surface area (TPSA) is 70.1 Å². The van der Waals surface area contributed by atoms with E-state index in [1.807, 2.05) is 0 Å². The average molecular weight is 363 g/mol.